The lowest BCUT2D eigenvalue weighted by atomic mass is 10.3. The molecule has 0 heterocycles. The Kier molecular flexibility index (Phi) is 6.12. The summed E-state index contributed by atoms with van der Waals surface area (Å²) in [5, 5.41) is 2.86. The van der Waals surface area contributed by atoms with Crippen molar-refractivity contribution in [3.8, 4) is 5.75 Å². The fourth-order valence-electron chi connectivity index (χ4n) is 1.67. The van der Waals surface area contributed by atoms with Crippen LogP contribution in [0.1, 0.15) is 0 Å². The molecule has 2 aromatic rings. The van der Waals surface area contributed by atoms with Gasteiger partial charge in [-0.05, 0) is 36.4 Å². The monoisotopic (exact) mass is 302 g/mol. The molecule has 0 aliphatic carbocycles. The molecular weight excluding hydrogens is 284 g/mol. The average Bonchev–Trinajstić information content (AvgIpc) is 2.53. The Balaban J connectivity index is 1.79. The fourth-order valence-corrected chi connectivity index (χ4v) is 2.39. The van der Waals surface area contributed by atoms with E-state index < -0.39 is 0 Å². The molecule has 0 atom stereocenters. The molecule has 0 saturated carbocycles. The lowest BCUT2D eigenvalue weighted by Gasteiger charge is -2.07. The molecule has 21 heavy (non-hydrogen) atoms. The SMILES string of the molecule is NCCOc1ccc(NC(=O)CSc2ccccc2)cc1. The van der Waals surface area contributed by atoms with Crippen molar-refractivity contribution in [1.82, 2.24) is 0 Å². The minimum atomic E-state index is -0.0283. The van der Waals surface area contributed by atoms with E-state index in [1.165, 1.54) is 11.8 Å². The molecule has 0 bridgehead atoms. The molecule has 0 unspecified atom stereocenters. The maximum atomic E-state index is 11.9. The van der Waals surface area contributed by atoms with Gasteiger partial charge in [0.25, 0.3) is 0 Å². The molecule has 0 aliphatic rings. The summed E-state index contributed by atoms with van der Waals surface area (Å²) in [6.07, 6.45) is 0. The van der Waals surface area contributed by atoms with Gasteiger partial charge in [-0.15, -0.1) is 11.8 Å². The average molecular weight is 302 g/mol. The third-order valence-corrected chi connectivity index (χ3v) is 3.65. The number of hydrogen-bond donors (Lipinski definition) is 2. The van der Waals surface area contributed by atoms with Crippen LogP contribution in [0.15, 0.2) is 59.5 Å². The van der Waals surface area contributed by atoms with Crippen LogP contribution in [0.4, 0.5) is 5.69 Å². The van der Waals surface area contributed by atoms with E-state index in [0.717, 1.165) is 16.3 Å². The molecule has 0 spiro atoms. The highest BCUT2D eigenvalue weighted by Crippen LogP contribution is 2.18. The molecule has 2 rings (SSSR count). The maximum absolute atomic E-state index is 11.9. The van der Waals surface area contributed by atoms with Gasteiger partial charge in [-0.3, -0.25) is 4.79 Å². The van der Waals surface area contributed by atoms with E-state index in [4.69, 9.17) is 10.5 Å². The van der Waals surface area contributed by atoms with Crippen molar-refractivity contribution in [2.75, 3.05) is 24.2 Å². The summed E-state index contributed by atoms with van der Waals surface area (Å²) in [6, 6.07) is 17.1. The number of carbonyl (C=O) groups is 1. The molecule has 0 radical (unpaired) electrons. The largest absolute Gasteiger partial charge is 0.492 e. The molecule has 0 saturated heterocycles. The predicted octanol–water partition coefficient (Wildman–Crippen LogP) is 2.75. The Bertz CT molecular complexity index is 558. The molecule has 0 aromatic heterocycles. The standard InChI is InChI=1S/C16H18N2O2S/c17-10-11-20-14-8-6-13(7-9-14)18-16(19)12-21-15-4-2-1-3-5-15/h1-9H,10-12,17H2,(H,18,19). The number of carbonyl (C=O) groups excluding carboxylic acids is 1. The molecule has 110 valence electrons. The number of benzene rings is 2. The Morgan fingerprint density at radius 1 is 1.10 bits per heavy atom. The fraction of sp³-hybridized carbons (Fsp3) is 0.188. The zero-order chi connectivity index (χ0) is 14.9. The van der Waals surface area contributed by atoms with Crippen molar-refractivity contribution in [3.63, 3.8) is 0 Å². The van der Waals surface area contributed by atoms with Crippen molar-refractivity contribution in [3.05, 3.63) is 54.6 Å². The number of amides is 1. The van der Waals surface area contributed by atoms with Gasteiger partial charge < -0.3 is 15.8 Å². The number of anilines is 1. The van der Waals surface area contributed by atoms with E-state index in [1.54, 1.807) is 0 Å². The predicted molar refractivity (Wildman–Crippen MR) is 86.8 cm³/mol. The normalized spacial score (nSPS) is 10.1. The van der Waals surface area contributed by atoms with Crippen LogP contribution >= 0.6 is 11.8 Å². The molecule has 5 heteroatoms. The van der Waals surface area contributed by atoms with Gasteiger partial charge >= 0.3 is 0 Å². The first-order valence-electron chi connectivity index (χ1n) is 6.68. The van der Waals surface area contributed by atoms with Crippen LogP contribution in [-0.2, 0) is 4.79 Å². The quantitative estimate of drug-likeness (QED) is 0.772. The minimum Gasteiger partial charge on any atom is -0.492 e. The first kappa shape index (κ1) is 15.4. The number of nitrogens with one attached hydrogen (secondary N) is 1. The molecule has 3 N–H and O–H groups in total. The molecule has 2 aromatic carbocycles. The number of nitrogens with two attached hydrogens (primary N) is 1. The van der Waals surface area contributed by atoms with Crippen molar-refractivity contribution in [2.24, 2.45) is 5.73 Å². The van der Waals surface area contributed by atoms with Crippen LogP contribution in [-0.4, -0.2) is 24.8 Å². The third kappa shape index (κ3) is 5.49. The molecule has 0 aliphatic heterocycles. The highest BCUT2D eigenvalue weighted by atomic mass is 32.2. The van der Waals surface area contributed by atoms with Gasteiger partial charge in [-0.1, -0.05) is 18.2 Å². The zero-order valence-corrected chi connectivity index (χ0v) is 12.4. The maximum Gasteiger partial charge on any atom is 0.234 e. The summed E-state index contributed by atoms with van der Waals surface area (Å²) in [5.74, 6) is 1.10. The van der Waals surface area contributed by atoms with Crippen LogP contribution < -0.4 is 15.8 Å². The van der Waals surface area contributed by atoms with Crippen molar-refractivity contribution >= 4 is 23.4 Å². The molecular formula is C16H18N2O2S. The van der Waals surface area contributed by atoms with Gasteiger partial charge in [0.05, 0.1) is 5.75 Å². The van der Waals surface area contributed by atoms with Gasteiger partial charge in [0.1, 0.15) is 12.4 Å². The van der Waals surface area contributed by atoms with Gasteiger partial charge in [0.15, 0.2) is 0 Å². The van der Waals surface area contributed by atoms with Gasteiger partial charge in [-0.25, -0.2) is 0 Å². The summed E-state index contributed by atoms with van der Waals surface area (Å²) in [5.41, 5.74) is 6.13. The smallest absolute Gasteiger partial charge is 0.234 e. The number of hydrogen-bond acceptors (Lipinski definition) is 4. The summed E-state index contributed by atoms with van der Waals surface area (Å²) in [6.45, 7) is 0.967. The van der Waals surface area contributed by atoms with Crippen LogP contribution in [0.3, 0.4) is 0 Å². The Labute approximate surface area is 128 Å². The van der Waals surface area contributed by atoms with E-state index in [9.17, 15) is 4.79 Å². The topological polar surface area (TPSA) is 64.3 Å². The van der Waals surface area contributed by atoms with E-state index in [0.29, 0.717) is 18.9 Å². The van der Waals surface area contributed by atoms with Gasteiger partial charge in [0, 0.05) is 17.1 Å². The van der Waals surface area contributed by atoms with Crippen molar-refractivity contribution in [1.29, 1.82) is 0 Å². The van der Waals surface area contributed by atoms with Crippen molar-refractivity contribution in [2.45, 2.75) is 4.90 Å². The van der Waals surface area contributed by atoms with Crippen molar-refractivity contribution < 1.29 is 9.53 Å². The zero-order valence-electron chi connectivity index (χ0n) is 11.6. The summed E-state index contributed by atoms with van der Waals surface area (Å²) >= 11 is 1.51. The van der Waals surface area contributed by atoms with E-state index in [1.807, 2.05) is 54.6 Å². The third-order valence-electron chi connectivity index (χ3n) is 2.64. The lowest BCUT2D eigenvalue weighted by molar-refractivity contribution is -0.113. The molecule has 1 amide bonds. The second-order valence-electron chi connectivity index (χ2n) is 4.31. The van der Waals surface area contributed by atoms with E-state index >= 15 is 0 Å². The van der Waals surface area contributed by atoms with E-state index in [2.05, 4.69) is 5.32 Å². The lowest BCUT2D eigenvalue weighted by Crippen LogP contribution is -2.14. The summed E-state index contributed by atoms with van der Waals surface area (Å²) in [7, 11) is 0. The number of rotatable bonds is 7. The Morgan fingerprint density at radius 2 is 1.81 bits per heavy atom. The van der Waals surface area contributed by atoms with E-state index in [-0.39, 0.29) is 5.91 Å². The molecule has 0 fully saturated rings. The van der Waals surface area contributed by atoms with Gasteiger partial charge in [-0.2, -0.15) is 0 Å². The van der Waals surface area contributed by atoms with Crippen LogP contribution in [0.2, 0.25) is 0 Å². The summed E-state index contributed by atoms with van der Waals surface area (Å²) in [4.78, 5) is 12.9. The van der Waals surface area contributed by atoms with Crippen LogP contribution in [0.25, 0.3) is 0 Å². The number of ether oxygens (including phenoxy) is 1. The van der Waals surface area contributed by atoms with Crippen LogP contribution in [0.5, 0.6) is 5.75 Å². The second kappa shape index (κ2) is 8.34. The first-order chi connectivity index (χ1) is 10.3. The number of thioether (sulfide) groups is 1. The highest BCUT2D eigenvalue weighted by Gasteiger charge is 2.04. The minimum absolute atomic E-state index is 0.0283. The Hall–Kier alpha value is -1.98. The first-order valence-corrected chi connectivity index (χ1v) is 7.67. The summed E-state index contributed by atoms with van der Waals surface area (Å²) < 4.78 is 5.38. The molecule has 4 nitrogen and oxygen atoms in total. The highest BCUT2D eigenvalue weighted by molar-refractivity contribution is 8.00. The van der Waals surface area contributed by atoms with Gasteiger partial charge in [0.2, 0.25) is 5.91 Å². The van der Waals surface area contributed by atoms with Crippen LogP contribution in [0, 0.1) is 0 Å². The second-order valence-corrected chi connectivity index (χ2v) is 5.36. The Morgan fingerprint density at radius 3 is 2.48 bits per heavy atom.